The Labute approximate surface area is 85.1 Å². The third-order valence-corrected chi connectivity index (χ3v) is 3.59. The lowest BCUT2D eigenvalue weighted by molar-refractivity contribution is -0.166. The van der Waals surface area contributed by atoms with E-state index in [-0.39, 0.29) is 5.92 Å². The SMILES string of the molecule is CCC1CCCCC1C(C)(O)C(=O)O. The molecule has 14 heavy (non-hydrogen) atoms. The molecule has 0 spiro atoms. The summed E-state index contributed by atoms with van der Waals surface area (Å²) >= 11 is 0. The van der Waals surface area contributed by atoms with Gasteiger partial charge in [-0.2, -0.15) is 0 Å². The van der Waals surface area contributed by atoms with Crippen molar-refractivity contribution in [2.75, 3.05) is 0 Å². The van der Waals surface area contributed by atoms with Gasteiger partial charge in [-0.1, -0.05) is 32.6 Å². The molecule has 1 aliphatic carbocycles. The van der Waals surface area contributed by atoms with Crippen LogP contribution < -0.4 is 0 Å². The van der Waals surface area contributed by atoms with Crippen LogP contribution in [0, 0.1) is 11.8 Å². The van der Waals surface area contributed by atoms with Gasteiger partial charge in [0.05, 0.1) is 0 Å². The van der Waals surface area contributed by atoms with E-state index >= 15 is 0 Å². The molecular formula is C11H20O3. The first-order chi connectivity index (χ1) is 6.50. The molecule has 0 radical (unpaired) electrons. The summed E-state index contributed by atoms with van der Waals surface area (Å²) in [5, 5.41) is 18.9. The first kappa shape index (κ1) is 11.5. The van der Waals surface area contributed by atoms with Crippen LogP contribution in [0.3, 0.4) is 0 Å². The lowest BCUT2D eigenvalue weighted by atomic mass is 9.70. The lowest BCUT2D eigenvalue weighted by Gasteiger charge is -2.38. The molecule has 3 atom stereocenters. The van der Waals surface area contributed by atoms with Crippen molar-refractivity contribution in [3.05, 3.63) is 0 Å². The number of aliphatic hydroxyl groups is 1. The number of aliphatic carboxylic acids is 1. The average Bonchev–Trinajstić information content (AvgIpc) is 2.17. The summed E-state index contributed by atoms with van der Waals surface area (Å²) in [4.78, 5) is 10.9. The molecule has 82 valence electrons. The molecule has 3 unspecified atom stereocenters. The summed E-state index contributed by atoms with van der Waals surface area (Å²) in [7, 11) is 0. The largest absolute Gasteiger partial charge is 0.479 e. The van der Waals surface area contributed by atoms with Crippen LogP contribution in [-0.2, 0) is 4.79 Å². The second-order valence-electron chi connectivity index (χ2n) is 4.51. The van der Waals surface area contributed by atoms with Gasteiger partial charge in [-0.05, 0) is 19.3 Å². The van der Waals surface area contributed by atoms with Crippen molar-refractivity contribution in [3.63, 3.8) is 0 Å². The molecule has 0 aliphatic heterocycles. The van der Waals surface area contributed by atoms with E-state index in [1.54, 1.807) is 0 Å². The highest BCUT2D eigenvalue weighted by atomic mass is 16.4. The Morgan fingerprint density at radius 2 is 2.00 bits per heavy atom. The number of carbonyl (C=O) groups is 1. The van der Waals surface area contributed by atoms with Gasteiger partial charge in [0, 0.05) is 5.92 Å². The summed E-state index contributed by atoms with van der Waals surface area (Å²) in [6.45, 7) is 3.51. The monoisotopic (exact) mass is 200 g/mol. The van der Waals surface area contributed by atoms with Gasteiger partial charge < -0.3 is 10.2 Å². The van der Waals surface area contributed by atoms with Crippen LogP contribution in [0.1, 0.15) is 46.0 Å². The third-order valence-electron chi connectivity index (χ3n) is 3.59. The van der Waals surface area contributed by atoms with Gasteiger partial charge in [0.2, 0.25) is 0 Å². The van der Waals surface area contributed by atoms with Gasteiger partial charge in [-0.25, -0.2) is 4.79 Å². The van der Waals surface area contributed by atoms with E-state index in [4.69, 9.17) is 5.11 Å². The average molecular weight is 200 g/mol. The van der Waals surface area contributed by atoms with Gasteiger partial charge in [0.1, 0.15) is 0 Å². The number of hydrogen-bond acceptors (Lipinski definition) is 2. The van der Waals surface area contributed by atoms with Gasteiger partial charge in [0.25, 0.3) is 0 Å². The van der Waals surface area contributed by atoms with Gasteiger partial charge >= 0.3 is 5.97 Å². The number of hydrogen-bond donors (Lipinski definition) is 2. The topological polar surface area (TPSA) is 57.5 Å². The van der Waals surface area contributed by atoms with Crippen molar-refractivity contribution in [1.29, 1.82) is 0 Å². The molecule has 0 saturated heterocycles. The van der Waals surface area contributed by atoms with Gasteiger partial charge in [-0.15, -0.1) is 0 Å². The Balaban J connectivity index is 2.77. The predicted octanol–water partition coefficient (Wildman–Crippen LogP) is 2.04. The second kappa shape index (κ2) is 4.30. The normalized spacial score (nSPS) is 32.2. The highest BCUT2D eigenvalue weighted by molar-refractivity contribution is 5.77. The van der Waals surface area contributed by atoms with E-state index in [1.165, 1.54) is 13.3 Å². The molecule has 0 amide bonds. The van der Waals surface area contributed by atoms with Crippen molar-refractivity contribution >= 4 is 5.97 Å². The Kier molecular flexibility index (Phi) is 3.53. The maximum atomic E-state index is 10.9. The van der Waals surface area contributed by atoms with Crippen LogP contribution in [0.2, 0.25) is 0 Å². The predicted molar refractivity (Wildman–Crippen MR) is 54.0 cm³/mol. The quantitative estimate of drug-likeness (QED) is 0.733. The van der Waals surface area contributed by atoms with Crippen molar-refractivity contribution in [2.45, 2.75) is 51.6 Å². The molecule has 0 aromatic heterocycles. The smallest absolute Gasteiger partial charge is 0.335 e. The third kappa shape index (κ3) is 2.08. The minimum atomic E-state index is -1.54. The second-order valence-corrected chi connectivity index (χ2v) is 4.51. The molecular weight excluding hydrogens is 180 g/mol. The summed E-state index contributed by atoms with van der Waals surface area (Å²) < 4.78 is 0. The first-order valence-electron chi connectivity index (χ1n) is 5.46. The molecule has 1 saturated carbocycles. The van der Waals surface area contributed by atoms with Crippen LogP contribution >= 0.6 is 0 Å². The molecule has 1 fully saturated rings. The molecule has 0 heterocycles. The van der Waals surface area contributed by atoms with Gasteiger partial charge in [0.15, 0.2) is 5.60 Å². The summed E-state index contributed by atoms with van der Waals surface area (Å²) in [6.07, 6.45) is 5.09. The fourth-order valence-corrected chi connectivity index (χ4v) is 2.59. The van der Waals surface area contributed by atoms with Gasteiger partial charge in [-0.3, -0.25) is 0 Å². The van der Waals surface area contributed by atoms with Crippen LogP contribution in [0.4, 0.5) is 0 Å². The van der Waals surface area contributed by atoms with E-state index in [0.29, 0.717) is 5.92 Å². The van der Waals surface area contributed by atoms with E-state index in [0.717, 1.165) is 25.7 Å². The van der Waals surface area contributed by atoms with Crippen LogP contribution in [0.25, 0.3) is 0 Å². The number of carboxylic acids is 1. The first-order valence-corrected chi connectivity index (χ1v) is 5.46. The van der Waals surface area contributed by atoms with Crippen molar-refractivity contribution in [2.24, 2.45) is 11.8 Å². The maximum absolute atomic E-state index is 10.9. The molecule has 1 rings (SSSR count). The zero-order chi connectivity index (χ0) is 10.8. The lowest BCUT2D eigenvalue weighted by Crippen LogP contribution is -2.47. The standard InChI is InChI=1S/C11H20O3/c1-3-8-6-4-5-7-9(8)11(2,14)10(12)13/h8-9,14H,3-7H2,1-2H3,(H,12,13). The molecule has 1 aliphatic rings. The van der Waals surface area contributed by atoms with Crippen LogP contribution in [0.15, 0.2) is 0 Å². The number of rotatable bonds is 3. The molecule has 0 aromatic carbocycles. The zero-order valence-corrected chi connectivity index (χ0v) is 8.99. The van der Waals surface area contributed by atoms with Crippen LogP contribution in [0.5, 0.6) is 0 Å². The van der Waals surface area contributed by atoms with Crippen LogP contribution in [-0.4, -0.2) is 21.8 Å². The van der Waals surface area contributed by atoms with E-state index in [2.05, 4.69) is 6.92 Å². The minimum Gasteiger partial charge on any atom is -0.479 e. The van der Waals surface area contributed by atoms with Crippen molar-refractivity contribution in [1.82, 2.24) is 0 Å². The van der Waals surface area contributed by atoms with Crippen molar-refractivity contribution < 1.29 is 15.0 Å². The number of carboxylic acid groups (broad SMARTS) is 1. The molecule has 3 nitrogen and oxygen atoms in total. The Bertz CT molecular complexity index is 211. The van der Waals surface area contributed by atoms with E-state index < -0.39 is 11.6 Å². The van der Waals surface area contributed by atoms with Crippen molar-refractivity contribution in [3.8, 4) is 0 Å². The highest BCUT2D eigenvalue weighted by Gasteiger charge is 2.43. The zero-order valence-electron chi connectivity index (χ0n) is 8.99. The fraction of sp³-hybridized carbons (Fsp3) is 0.909. The molecule has 2 N–H and O–H groups in total. The molecule has 0 bridgehead atoms. The summed E-state index contributed by atoms with van der Waals surface area (Å²) in [6, 6.07) is 0. The minimum absolute atomic E-state index is 0.0706. The summed E-state index contributed by atoms with van der Waals surface area (Å²) in [5.74, 6) is -0.781. The molecule has 0 aromatic rings. The maximum Gasteiger partial charge on any atom is 0.335 e. The fourth-order valence-electron chi connectivity index (χ4n) is 2.59. The molecule has 3 heteroatoms. The Hall–Kier alpha value is -0.570. The summed E-state index contributed by atoms with van der Waals surface area (Å²) in [5.41, 5.74) is -1.54. The van der Waals surface area contributed by atoms with E-state index in [9.17, 15) is 9.90 Å². The highest BCUT2D eigenvalue weighted by Crippen LogP contribution is 2.39. The van der Waals surface area contributed by atoms with E-state index in [1.807, 2.05) is 0 Å². The Morgan fingerprint density at radius 1 is 1.43 bits per heavy atom. The Morgan fingerprint density at radius 3 is 2.50 bits per heavy atom.